The molecule has 0 bridgehead atoms. The summed E-state index contributed by atoms with van der Waals surface area (Å²) in [5.41, 5.74) is 14.4. The predicted octanol–water partition coefficient (Wildman–Crippen LogP) is 6.87. The molecule has 4 heterocycles. The highest BCUT2D eigenvalue weighted by Gasteiger charge is 2.29. The van der Waals surface area contributed by atoms with Gasteiger partial charge in [0.2, 0.25) is 5.91 Å². The van der Waals surface area contributed by atoms with E-state index in [-0.39, 0.29) is 12.5 Å². The van der Waals surface area contributed by atoms with Crippen LogP contribution in [0.4, 0.5) is 5.69 Å². The number of pyridine rings is 1. The van der Waals surface area contributed by atoms with Gasteiger partial charge in [-0.15, -0.1) is 11.3 Å². The molecule has 3 aromatic heterocycles. The molecule has 2 aromatic carbocycles. The SMILES string of the molecule is COC(=O)c1ccc2c(C3CCCCC3)c(-c3cc(N)c4nc(-c5sc(C)nc5C)ccc4c3)n(CC(=O)N3CCOCC3)c2c1. The van der Waals surface area contributed by atoms with Crippen molar-refractivity contribution in [2.75, 3.05) is 39.1 Å². The van der Waals surface area contributed by atoms with Gasteiger partial charge in [-0.25, -0.2) is 14.8 Å². The van der Waals surface area contributed by atoms with Crippen molar-refractivity contribution in [3.63, 3.8) is 0 Å². The van der Waals surface area contributed by atoms with E-state index >= 15 is 0 Å². The van der Waals surface area contributed by atoms with Crippen LogP contribution >= 0.6 is 11.3 Å². The quantitative estimate of drug-likeness (QED) is 0.160. The zero-order valence-electron chi connectivity index (χ0n) is 26.6. The Morgan fingerprint density at radius 2 is 1.80 bits per heavy atom. The third-order valence-corrected chi connectivity index (χ3v) is 10.5. The van der Waals surface area contributed by atoms with Gasteiger partial charge in [0.25, 0.3) is 0 Å². The number of nitrogens with zero attached hydrogens (tertiary/aromatic N) is 4. The normalized spacial score (nSPS) is 15.9. The first kappa shape index (κ1) is 30.4. The van der Waals surface area contributed by atoms with Crippen LogP contribution in [-0.4, -0.2) is 64.7 Å². The summed E-state index contributed by atoms with van der Waals surface area (Å²) < 4.78 is 12.7. The molecule has 0 atom stereocenters. The number of amides is 1. The average molecular weight is 638 g/mol. The number of carbonyl (C=O) groups excluding carboxylic acids is 2. The smallest absolute Gasteiger partial charge is 0.337 e. The van der Waals surface area contributed by atoms with Crippen LogP contribution in [0.3, 0.4) is 0 Å². The number of fused-ring (bicyclic) bond motifs is 2. The zero-order chi connectivity index (χ0) is 31.9. The van der Waals surface area contributed by atoms with E-state index in [9.17, 15) is 9.59 Å². The van der Waals surface area contributed by atoms with Gasteiger partial charge in [0, 0.05) is 29.4 Å². The summed E-state index contributed by atoms with van der Waals surface area (Å²) in [5, 5.41) is 2.99. The Morgan fingerprint density at radius 3 is 2.52 bits per heavy atom. The number of thiazole rings is 1. The molecule has 1 amide bonds. The van der Waals surface area contributed by atoms with Crippen molar-refractivity contribution in [3.8, 4) is 21.8 Å². The number of methoxy groups -OCH3 is 1. The number of rotatable bonds is 6. The molecule has 238 valence electrons. The minimum absolute atomic E-state index is 0.0235. The Morgan fingerprint density at radius 1 is 1.02 bits per heavy atom. The molecule has 46 heavy (non-hydrogen) atoms. The Balaban J connectivity index is 1.44. The third-order valence-electron chi connectivity index (χ3n) is 9.43. The molecular formula is C36H39N5O4S. The lowest BCUT2D eigenvalue weighted by molar-refractivity contribution is -0.135. The minimum atomic E-state index is -0.405. The van der Waals surface area contributed by atoms with Crippen molar-refractivity contribution >= 4 is 50.7 Å². The molecule has 10 heteroatoms. The monoisotopic (exact) mass is 637 g/mol. The summed E-state index contributed by atoms with van der Waals surface area (Å²) in [6.45, 7) is 6.33. The van der Waals surface area contributed by atoms with Crippen molar-refractivity contribution < 1.29 is 19.1 Å². The van der Waals surface area contributed by atoms with Gasteiger partial charge in [-0.3, -0.25) is 4.79 Å². The van der Waals surface area contributed by atoms with E-state index in [2.05, 4.69) is 21.7 Å². The summed E-state index contributed by atoms with van der Waals surface area (Å²) in [7, 11) is 1.39. The zero-order valence-corrected chi connectivity index (χ0v) is 27.4. The van der Waals surface area contributed by atoms with Gasteiger partial charge in [-0.2, -0.15) is 0 Å². The van der Waals surface area contributed by atoms with Gasteiger partial charge in [0.15, 0.2) is 0 Å². The van der Waals surface area contributed by atoms with Crippen molar-refractivity contribution in [1.82, 2.24) is 19.4 Å². The molecule has 2 fully saturated rings. The molecule has 2 N–H and O–H groups in total. The molecule has 9 nitrogen and oxygen atoms in total. The highest BCUT2D eigenvalue weighted by Crippen LogP contribution is 2.45. The Kier molecular flexibility index (Phi) is 8.25. The van der Waals surface area contributed by atoms with Crippen LogP contribution in [0.1, 0.15) is 64.6 Å². The molecule has 5 aromatic rings. The standard InChI is InChI=1S/C36H39N5O4S/c1-21-35(46-22(2)38-21)29-12-10-24-17-26(18-28(37)33(24)39-29)34-32(23-7-5-4-6-8-23)27-11-9-25(36(43)44-3)19-30(27)41(34)20-31(42)40-13-15-45-16-14-40/h9-12,17-19,23H,4-8,13-16,20,37H2,1-3H3. The number of hydrogen-bond acceptors (Lipinski definition) is 8. The van der Waals surface area contributed by atoms with Gasteiger partial charge in [0.1, 0.15) is 6.54 Å². The third kappa shape index (κ3) is 5.54. The van der Waals surface area contributed by atoms with E-state index in [1.165, 1.54) is 19.1 Å². The number of morpholine rings is 1. The molecule has 1 saturated carbocycles. The summed E-state index contributed by atoms with van der Waals surface area (Å²) >= 11 is 1.63. The minimum Gasteiger partial charge on any atom is -0.465 e. The van der Waals surface area contributed by atoms with Crippen molar-refractivity contribution in [3.05, 3.63) is 64.3 Å². The fourth-order valence-corrected chi connectivity index (χ4v) is 8.13. The number of esters is 1. The van der Waals surface area contributed by atoms with Crippen LogP contribution in [0.25, 0.3) is 43.6 Å². The number of nitrogens with two attached hydrogens (primary N) is 1. The average Bonchev–Trinajstić information content (AvgIpc) is 3.59. The van der Waals surface area contributed by atoms with Crippen molar-refractivity contribution in [2.45, 2.75) is 58.4 Å². The fourth-order valence-electron chi connectivity index (χ4n) is 7.24. The molecular weight excluding hydrogens is 598 g/mol. The molecule has 1 aliphatic heterocycles. The van der Waals surface area contributed by atoms with E-state index in [0.717, 1.165) is 80.0 Å². The Hall–Kier alpha value is -4.28. The Bertz CT molecular complexity index is 1970. The van der Waals surface area contributed by atoms with Crippen molar-refractivity contribution in [1.29, 1.82) is 0 Å². The van der Waals surface area contributed by atoms with E-state index in [4.69, 9.17) is 20.2 Å². The van der Waals surface area contributed by atoms with Gasteiger partial charge < -0.3 is 24.7 Å². The molecule has 0 spiro atoms. The molecule has 2 aliphatic rings. The van der Waals surface area contributed by atoms with Crippen molar-refractivity contribution in [2.24, 2.45) is 0 Å². The molecule has 0 radical (unpaired) electrons. The molecule has 1 aliphatic carbocycles. The number of carbonyl (C=O) groups is 2. The summed E-state index contributed by atoms with van der Waals surface area (Å²) in [6.07, 6.45) is 5.69. The van der Waals surface area contributed by atoms with Crippen LogP contribution in [-0.2, 0) is 20.8 Å². The highest BCUT2D eigenvalue weighted by molar-refractivity contribution is 7.15. The van der Waals surface area contributed by atoms with Crippen LogP contribution in [0.15, 0.2) is 42.5 Å². The number of ether oxygens (including phenoxy) is 2. The maximum absolute atomic E-state index is 13.9. The van der Waals surface area contributed by atoms with Gasteiger partial charge in [-0.1, -0.05) is 31.4 Å². The molecule has 0 unspecified atom stereocenters. The topological polar surface area (TPSA) is 113 Å². The van der Waals surface area contributed by atoms with Gasteiger partial charge >= 0.3 is 5.97 Å². The maximum Gasteiger partial charge on any atom is 0.337 e. The Labute approximate surface area is 272 Å². The largest absolute Gasteiger partial charge is 0.465 e. The number of aromatic nitrogens is 3. The van der Waals surface area contributed by atoms with E-state index < -0.39 is 5.97 Å². The van der Waals surface area contributed by atoms with Crippen LogP contribution < -0.4 is 5.73 Å². The second kappa shape index (κ2) is 12.5. The number of aryl methyl sites for hydroxylation is 2. The first-order valence-corrected chi connectivity index (χ1v) is 16.9. The van der Waals surface area contributed by atoms with E-state index in [1.807, 2.05) is 49.1 Å². The lowest BCUT2D eigenvalue weighted by atomic mass is 9.81. The number of hydrogen-bond donors (Lipinski definition) is 1. The predicted molar refractivity (Wildman–Crippen MR) is 182 cm³/mol. The van der Waals surface area contributed by atoms with Gasteiger partial charge in [0.05, 0.1) is 69.6 Å². The second-order valence-corrected chi connectivity index (χ2v) is 13.6. The summed E-state index contributed by atoms with van der Waals surface area (Å²) in [6, 6.07) is 14.0. The number of nitrogen functional groups attached to an aromatic ring is 1. The van der Waals surface area contributed by atoms with Crippen LogP contribution in [0, 0.1) is 13.8 Å². The number of anilines is 1. The molecule has 1 saturated heterocycles. The summed E-state index contributed by atoms with van der Waals surface area (Å²) in [5.74, 6) is -0.0570. The second-order valence-electron chi connectivity index (χ2n) is 12.4. The highest BCUT2D eigenvalue weighted by atomic mass is 32.1. The maximum atomic E-state index is 13.9. The number of benzene rings is 2. The van der Waals surface area contributed by atoms with Crippen LogP contribution in [0.2, 0.25) is 0 Å². The van der Waals surface area contributed by atoms with Crippen LogP contribution in [0.5, 0.6) is 0 Å². The fraction of sp³-hybridized carbons (Fsp3) is 0.389. The van der Waals surface area contributed by atoms with E-state index in [1.54, 1.807) is 11.3 Å². The first-order valence-electron chi connectivity index (χ1n) is 16.1. The summed E-state index contributed by atoms with van der Waals surface area (Å²) in [4.78, 5) is 39.0. The van der Waals surface area contributed by atoms with Gasteiger partial charge in [-0.05, 0) is 68.5 Å². The lowest BCUT2D eigenvalue weighted by Gasteiger charge is -2.28. The van der Waals surface area contributed by atoms with E-state index in [0.29, 0.717) is 43.5 Å². The lowest BCUT2D eigenvalue weighted by Crippen LogP contribution is -2.42. The first-order chi connectivity index (χ1) is 22.3. The molecule has 7 rings (SSSR count).